The third kappa shape index (κ3) is 1.41. The van der Waals surface area contributed by atoms with Crippen molar-refractivity contribution in [2.24, 2.45) is 9.89 Å². The fraction of sp³-hybridized carbons (Fsp3) is 0. The number of hydrogen-bond donors (Lipinski definition) is 0. The third-order valence-corrected chi connectivity index (χ3v) is 3.88. The van der Waals surface area contributed by atoms with Crippen LogP contribution >= 0.6 is 18.8 Å². The monoisotopic (exact) mass is 190 g/mol. The van der Waals surface area contributed by atoms with Crippen molar-refractivity contribution in [2.45, 2.75) is 0 Å². The minimum Gasteiger partial charge on any atom is -0.260 e. The maximum atomic E-state index is 11.1. The summed E-state index contributed by atoms with van der Waals surface area (Å²) in [6, 6.07) is 2.97. The number of rotatable bonds is 3. The van der Waals surface area contributed by atoms with Crippen molar-refractivity contribution >= 4 is 23.4 Å². The molecule has 1 heterocycles. The van der Waals surface area contributed by atoms with Crippen molar-refractivity contribution in [1.82, 2.24) is 0 Å². The molecule has 0 aliphatic carbocycles. The third-order valence-electron chi connectivity index (χ3n) is 1.01. The lowest BCUT2D eigenvalue weighted by Crippen LogP contribution is -1.91. The van der Waals surface area contributed by atoms with Crippen LogP contribution in [0.3, 0.4) is 0 Å². The largest absolute Gasteiger partial charge is 0.411 e. The van der Waals surface area contributed by atoms with Gasteiger partial charge in [-0.15, -0.1) is 21.2 Å². The number of nitroso groups, excluding NO2 is 2. The van der Waals surface area contributed by atoms with E-state index in [9.17, 15) is 14.4 Å². The first-order chi connectivity index (χ1) is 5.23. The molecule has 0 bridgehead atoms. The minimum atomic E-state index is -3.83. The van der Waals surface area contributed by atoms with Crippen LogP contribution in [0.15, 0.2) is 27.4 Å². The Morgan fingerprint density at radius 1 is 1.36 bits per heavy atom. The first-order valence-electron chi connectivity index (χ1n) is 2.57. The molecule has 0 radical (unpaired) electrons. The second-order valence-corrected chi connectivity index (χ2v) is 4.81. The van der Waals surface area contributed by atoms with Crippen molar-refractivity contribution in [3.8, 4) is 0 Å². The van der Waals surface area contributed by atoms with Gasteiger partial charge in [-0.3, -0.25) is 4.57 Å². The molecule has 0 spiro atoms. The Labute approximate surface area is 65.9 Å². The van der Waals surface area contributed by atoms with Crippen LogP contribution in [0, 0.1) is 9.81 Å². The SMILES string of the molecule is O=NP(=O)(N=O)c1cccs1. The summed E-state index contributed by atoms with van der Waals surface area (Å²) in [5.41, 5.74) is 0. The maximum absolute atomic E-state index is 11.1. The second kappa shape index (κ2) is 3.02. The van der Waals surface area contributed by atoms with Gasteiger partial charge in [0.25, 0.3) is 0 Å². The van der Waals surface area contributed by atoms with Gasteiger partial charge in [-0.1, -0.05) is 6.07 Å². The highest BCUT2D eigenvalue weighted by molar-refractivity contribution is 7.74. The van der Waals surface area contributed by atoms with Crippen LogP contribution in [0.1, 0.15) is 0 Å². The molecule has 0 aromatic carbocycles. The molecule has 0 aliphatic rings. The Balaban J connectivity index is 3.17. The van der Waals surface area contributed by atoms with Gasteiger partial charge in [0.15, 0.2) is 0 Å². The van der Waals surface area contributed by atoms with Crippen LogP contribution < -0.4 is 4.62 Å². The highest BCUT2D eigenvalue weighted by Gasteiger charge is 2.28. The van der Waals surface area contributed by atoms with Gasteiger partial charge in [0.2, 0.25) is 0 Å². The molecule has 0 unspecified atom stereocenters. The van der Waals surface area contributed by atoms with E-state index in [1.807, 2.05) is 0 Å². The van der Waals surface area contributed by atoms with Crippen LogP contribution in [0.25, 0.3) is 0 Å². The molecular weight excluding hydrogens is 187 g/mol. The number of thiophene rings is 1. The van der Waals surface area contributed by atoms with E-state index in [0.29, 0.717) is 0 Å². The van der Waals surface area contributed by atoms with E-state index >= 15 is 0 Å². The molecule has 7 heteroatoms. The lowest BCUT2D eigenvalue weighted by atomic mass is 10.7. The quantitative estimate of drug-likeness (QED) is 0.540. The number of nitrogens with zero attached hydrogens (tertiary/aromatic N) is 2. The molecule has 5 nitrogen and oxygen atoms in total. The Hall–Kier alpha value is -0.870. The summed E-state index contributed by atoms with van der Waals surface area (Å²) in [6.07, 6.45) is 0. The Bertz CT molecular complexity index is 297. The molecule has 0 amide bonds. The van der Waals surface area contributed by atoms with Gasteiger partial charge in [-0.05, 0) is 11.4 Å². The van der Waals surface area contributed by atoms with Gasteiger partial charge >= 0.3 is 7.44 Å². The van der Waals surface area contributed by atoms with Crippen LogP contribution in [-0.2, 0) is 4.57 Å². The van der Waals surface area contributed by atoms with Gasteiger partial charge < -0.3 is 0 Å². The second-order valence-electron chi connectivity index (χ2n) is 1.66. The zero-order valence-electron chi connectivity index (χ0n) is 5.21. The predicted octanol–water partition coefficient (Wildman–Crippen LogP) is 2.10. The first-order valence-corrected chi connectivity index (χ1v) is 5.06. The molecule has 0 saturated carbocycles. The predicted molar refractivity (Wildman–Crippen MR) is 43.1 cm³/mol. The lowest BCUT2D eigenvalue weighted by Gasteiger charge is -1.92. The van der Waals surface area contributed by atoms with Crippen molar-refractivity contribution < 1.29 is 4.57 Å². The van der Waals surface area contributed by atoms with E-state index in [2.05, 4.69) is 9.89 Å². The Morgan fingerprint density at radius 3 is 2.36 bits per heavy atom. The van der Waals surface area contributed by atoms with E-state index in [0.717, 1.165) is 11.3 Å². The van der Waals surface area contributed by atoms with E-state index in [1.165, 1.54) is 6.07 Å². The molecule has 11 heavy (non-hydrogen) atoms. The molecule has 0 N–H and O–H groups in total. The van der Waals surface area contributed by atoms with E-state index in [-0.39, 0.29) is 4.62 Å². The van der Waals surface area contributed by atoms with Gasteiger partial charge in [0, 0.05) is 9.89 Å². The summed E-state index contributed by atoms with van der Waals surface area (Å²) in [4.78, 5) is 24.3. The average molecular weight is 190 g/mol. The van der Waals surface area contributed by atoms with Crippen LogP contribution in [-0.4, -0.2) is 0 Å². The molecule has 1 aromatic rings. The van der Waals surface area contributed by atoms with E-state index < -0.39 is 7.44 Å². The zero-order valence-corrected chi connectivity index (χ0v) is 6.92. The summed E-state index contributed by atoms with van der Waals surface area (Å²) < 4.78 is 11.2. The molecule has 1 rings (SSSR count). The Morgan fingerprint density at radius 2 is 2.00 bits per heavy atom. The normalized spacial score (nSPS) is 10.9. The standard InChI is InChI=1S/C4H3N2O3PS/c7-5-10(9,6-8)4-2-1-3-11-4/h1-3H. The number of hydrogen-bond acceptors (Lipinski definition) is 4. The van der Waals surface area contributed by atoms with Crippen LogP contribution in [0.2, 0.25) is 0 Å². The Kier molecular flexibility index (Phi) is 2.26. The van der Waals surface area contributed by atoms with Gasteiger partial charge in [0.05, 0.1) is 0 Å². The smallest absolute Gasteiger partial charge is 0.260 e. The molecule has 58 valence electrons. The summed E-state index contributed by atoms with van der Waals surface area (Å²) in [5.74, 6) is 0. The lowest BCUT2D eigenvalue weighted by molar-refractivity contribution is 0.583. The topological polar surface area (TPSA) is 75.9 Å². The highest BCUT2D eigenvalue weighted by Crippen LogP contribution is 2.48. The fourth-order valence-corrected chi connectivity index (χ4v) is 2.39. The molecule has 0 atom stereocenters. The van der Waals surface area contributed by atoms with E-state index in [4.69, 9.17) is 0 Å². The highest BCUT2D eigenvalue weighted by atomic mass is 32.1. The molecule has 0 fully saturated rings. The summed E-state index contributed by atoms with van der Waals surface area (Å²) in [5, 5.41) is 1.60. The summed E-state index contributed by atoms with van der Waals surface area (Å²) in [7, 11) is -3.83. The fourth-order valence-electron chi connectivity index (χ4n) is 0.531. The van der Waals surface area contributed by atoms with Gasteiger partial charge in [-0.25, -0.2) is 0 Å². The maximum Gasteiger partial charge on any atom is 0.411 e. The summed E-state index contributed by atoms with van der Waals surface area (Å²) in [6.45, 7) is 0. The average Bonchev–Trinajstić information content (AvgIpc) is 2.55. The molecule has 0 saturated heterocycles. The van der Waals surface area contributed by atoms with Gasteiger partial charge in [-0.2, -0.15) is 0 Å². The molecule has 1 aromatic heterocycles. The van der Waals surface area contributed by atoms with Crippen LogP contribution in [0.4, 0.5) is 0 Å². The molecular formula is C4H3N2O3PS. The van der Waals surface area contributed by atoms with Crippen LogP contribution in [0.5, 0.6) is 0 Å². The summed E-state index contributed by atoms with van der Waals surface area (Å²) >= 11 is 1.03. The van der Waals surface area contributed by atoms with Crippen molar-refractivity contribution in [3.63, 3.8) is 0 Å². The zero-order chi connectivity index (χ0) is 8.32. The van der Waals surface area contributed by atoms with Crippen molar-refractivity contribution in [2.75, 3.05) is 0 Å². The van der Waals surface area contributed by atoms with Crippen molar-refractivity contribution in [3.05, 3.63) is 27.3 Å². The van der Waals surface area contributed by atoms with Crippen molar-refractivity contribution in [1.29, 1.82) is 0 Å². The molecule has 0 aliphatic heterocycles. The van der Waals surface area contributed by atoms with E-state index in [1.54, 1.807) is 11.4 Å². The van der Waals surface area contributed by atoms with Gasteiger partial charge in [0.1, 0.15) is 4.62 Å². The minimum absolute atomic E-state index is 0.127. The first kappa shape index (κ1) is 8.23.